The molecule has 0 aliphatic carbocycles. The average Bonchev–Trinajstić information content (AvgIpc) is 1.70. The average molecular weight is 1480 g/mol. The van der Waals surface area contributed by atoms with Gasteiger partial charge in [0.1, 0.15) is 47.9 Å². The van der Waals surface area contributed by atoms with Crippen molar-refractivity contribution in [3.8, 4) is 33.3 Å². The molecule has 4 fully saturated rings. The van der Waals surface area contributed by atoms with Gasteiger partial charge in [0.15, 0.2) is 11.5 Å². The highest BCUT2D eigenvalue weighted by Crippen LogP contribution is 2.34. The molecule has 4 aliphatic heterocycles. The Hall–Kier alpha value is -8.63. The first kappa shape index (κ1) is 78.5. The molecule has 0 unspecified atom stereocenters. The molecule has 0 radical (unpaired) electrons. The van der Waals surface area contributed by atoms with Crippen molar-refractivity contribution in [2.24, 2.45) is 5.92 Å². The number of piperidine rings is 1. The first-order valence-electron chi connectivity index (χ1n) is 33.7. The summed E-state index contributed by atoms with van der Waals surface area (Å²) in [5, 5.41) is 112. The largest absolute Gasteiger partial charge is 0.504 e. The predicted molar refractivity (Wildman–Crippen MR) is 369 cm³/mol. The zero-order chi connectivity index (χ0) is 74.0. The number of β-amino-alcohol motifs (C(OH)–C–C–N with tert-alkyl or cyclic N) is 1. The number of nitrogens with one attached hydrogen (secondary N) is 6. The Labute approximate surface area is 600 Å². The van der Waals surface area contributed by atoms with E-state index < -0.39 is 177 Å². The van der Waals surface area contributed by atoms with E-state index in [2.05, 4.69) is 64.9 Å². The van der Waals surface area contributed by atoms with Gasteiger partial charge in [-0.15, -0.1) is 0 Å². The predicted octanol–water partition coefficient (Wildman–Crippen LogP) is 0.247. The maximum absolute atomic E-state index is 15.0. The number of phenols is 1. The third kappa shape index (κ3) is 20.6. The Morgan fingerprint density at radius 2 is 1.51 bits per heavy atom. The van der Waals surface area contributed by atoms with E-state index in [1.165, 1.54) is 42.5 Å². The van der Waals surface area contributed by atoms with Gasteiger partial charge in [-0.05, 0) is 99.5 Å². The highest BCUT2D eigenvalue weighted by Gasteiger charge is 2.50. The van der Waals surface area contributed by atoms with Crippen molar-refractivity contribution in [2.75, 3.05) is 71.1 Å². The normalized spacial score (nSPS) is 24.4. The second-order valence-electron chi connectivity index (χ2n) is 25.7. The molecule has 5 aromatic rings. The Morgan fingerprint density at radius 1 is 0.816 bits per heavy atom. The van der Waals surface area contributed by atoms with Gasteiger partial charge in [0, 0.05) is 107 Å². The first-order valence-corrected chi connectivity index (χ1v) is 35.2. The fourth-order valence-corrected chi connectivity index (χ4v) is 13.8. The second-order valence-corrected chi connectivity index (χ2v) is 27.1. The van der Waals surface area contributed by atoms with Gasteiger partial charge in [0.05, 0.1) is 54.6 Å². The molecule has 36 heteroatoms. The van der Waals surface area contributed by atoms with Crippen LogP contribution in [0.15, 0.2) is 85.6 Å². The van der Waals surface area contributed by atoms with E-state index in [9.17, 15) is 69.3 Å². The van der Waals surface area contributed by atoms with E-state index in [4.69, 9.17) is 33.7 Å². The van der Waals surface area contributed by atoms with Crippen LogP contribution in [-0.4, -0.2) is 258 Å². The number of anilines is 1. The van der Waals surface area contributed by atoms with Crippen molar-refractivity contribution < 1.29 is 107 Å². The molecule has 2 aromatic heterocycles. The Balaban J connectivity index is 0.947. The number of phenolic OH excluding ortho intramolecular Hbond substituents is 1. The van der Waals surface area contributed by atoms with Crippen LogP contribution in [0.3, 0.4) is 0 Å². The number of aliphatic hydroxyl groups excluding tert-OH is 6. The lowest BCUT2D eigenvalue weighted by atomic mass is 9.98. The van der Waals surface area contributed by atoms with Gasteiger partial charge in [-0.3, -0.25) is 33.6 Å². The van der Waals surface area contributed by atoms with E-state index in [1.807, 2.05) is 12.1 Å². The number of aromatic hydroxyl groups is 1. The topological polar surface area (TPSA) is 466 Å². The third-order valence-corrected chi connectivity index (χ3v) is 19.5. The molecule has 103 heavy (non-hydrogen) atoms. The molecular weight excluding hydrogens is 1390 g/mol. The van der Waals surface area contributed by atoms with E-state index >= 15 is 4.79 Å². The SMILES string of the molecule is C=CCOC(=O)NCC[C@@H](O)[C@@H]1NC(=O)[C@H]([C@H](O)Cc2ccc(O)c(OSOOO)c2)NC(=O)[C@@H]2C[C@H](O)CN2C(=O)[C@H]([C@H](C)O)NC(=O)[C@@H](NC(=O)c2ccc(-c3cn4nc(-c5ccc(N6CCC(OCCCCCOC)CC6)cc5)sc4n3)cc2)C[C@H](O)CNC(=O)[C@@H]2[C@@H](O)[C@H](C)CN2C1=O. The number of carbonyl (C=O) groups is 8. The quantitative estimate of drug-likeness (QED) is 0.0116. The second kappa shape index (κ2) is 37.2. The summed E-state index contributed by atoms with van der Waals surface area (Å²) >= 11 is 1.45. The highest BCUT2D eigenvalue weighted by molar-refractivity contribution is 7.90. The number of fused-ring (bicyclic) bond motifs is 3. The van der Waals surface area contributed by atoms with E-state index in [-0.39, 0.29) is 48.5 Å². The molecule has 560 valence electrons. The maximum atomic E-state index is 15.0. The van der Waals surface area contributed by atoms with Gasteiger partial charge >= 0.3 is 6.09 Å². The van der Waals surface area contributed by atoms with Crippen molar-refractivity contribution in [1.82, 2.24) is 56.3 Å². The Kier molecular flexibility index (Phi) is 28.3. The number of hydrogen-bond acceptors (Lipinski definition) is 27. The number of alkyl carbamates (subject to hydrolysis) is 1. The maximum Gasteiger partial charge on any atom is 0.407 e. The number of methoxy groups -OCH3 is 1. The minimum absolute atomic E-state index is 0.00813. The molecule has 6 heterocycles. The van der Waals surface area contributed by atoms with E-state index in [0.717, 1.165) is 104 Å². The lowest BCUT2D eigenvalue weighted by Gasteiger charge is -2.34. The van der Waals surface area contributed by atoms with Crippen molar-refractivity contribution in [2.45, 2.75) is 151 Å². The highest BCUT2D eigenvalue weighted by atomic mass is 32.2. The number of unbranched alkanes of at least 4 members (excludes halogenated alkanes) is 2. The third-order valence-electron chi connectivity index (χ3n) is 18.2. The zero-order valence-electron chi connectivity index (χ0n) is 56.8. The number of aromatic nitrogens is 3. The van der Waals surface area contributed by atoms with Crippen LogP contribution in [0, 0.1) is 5.92 Å². The molecule has 34 nitrogen and oxygen atoms in total. The fourth-order valence-electron chi connectivity index (χ4n) is 12.6. The number of imidazole rings is 1. The van der Waals surface area contributed by atoms with Gasteiger partial charge < -0.3 is 101 Å². The zero-order valence-corrected chi connectivity index (χ0v) is 58.4. The summed E-state index contributed by atoms with van der Waals surface area (Å²) in [6.07, 6.45) is -5.60. The summed E-state index contributed by atoms with van der Waals surface area (Å²) in [6, 6.07) is 6.34. The number of hydrogen-bond donors (Lipinski definition) is 14. The summed E-state index contributed by atoms with van der Waals surface area (Å²) in [6.45, 7) is 7.09. The fraction of sp³-hybridized carbons (Fsp3) is 0.522. The molecule has 0 saturated carbocycles. The Morgan fingerprint density at radius 3 is 2.21 bits per heavy atom. The van der Waals surface area contributed by atoms with Crippen molar-refractivity contribution in [3.63, 3.8) is 0 Å². The van der Waals surface area contributed by atoms with Crippen LogP contribution in [0.4, 0.5) is 10.5 Å². The van der Waals surface area contributed by atoms with Crippen LogP contribution in [-0.2, 0) is 58.8 Å². The number of ether oxygens (including phenoxy) is 3. The number of benzene rings is 3. The van der Waals surface area contributed by atoms with Crippen LogP contribution in [0.1, 0.15) is 81.1 Å². The summed E-state index contributed by atoms with van der Waals surface area (Å²) in [5.41, 5.74) is 3.24. The van der Waals surface area contributed by atoms with E-state index in [1.54, 1.807) is 30.0 Å². The summed E-state index contributed by atoms with van der Waals surface area (Å²) in [5.74, 6) is -9.75. The van der Waals surface area contributed by atoms with Crippen LogP contribution < -0.4 is 41.0 Å². The first-order chi connectivity index (χ1) is 49.4. The van der Waals surface area contributed by atoms with Crippen LogP contribution in [0.25, 0.3) is 26.8 Å². The number of aliphatic hydroxyl groups is 6. The van der Waals surface area contributed by atoms with Crippen molar-refractivity contribution >= 4 is 81.8 Å². The van der Waals surface area contributed by atoms with Crippen molar-refractivity contribution in [1.29, 1.82) is 0 Å². The smallest absolute Gasteiger partial charge is 0.407 e. The monoisotopic (exact) mass is 1480 g/mol. The van der Waals surface area contributed by atoms with Crippen LogP contribution >= 0.6 is 23.7 Å². The van der Waals surface area contributed by atoms with E-state index in [0.29, 0.717) is 16.2 Å². The number of nitrogens with zero attached hydrogens (tertiary/aromatic N) is 6. The number of amides is 8. The van der Waals surface area contributed by atoms with Gasteiger partial charge in [-0.25, -0.2) is 19.6 Å². The minimum Gasteiger partial charge on any atom is -0.504 e. The van der Waals surface area contributed by atoms with Gasteiger partial charge in [-0.1, -0.05) is 58.5 Å². The van der Waals surface area contributed by atoms with Crippen LogP contribution in [0.2, 0.25) is 0 Å². The minimum atomic E-state index is -2.18. The standard InChI is InChI=1S/C67H88N12O22S2/c1-5-25-98-67(94)68-22-19-50(84)55-65(93)78-33-36(2)57(86)56(78)62(91)69-32-43(81)30-46(59(88)72-53(37(3)80)64(92)77-34-44(82)31-48(77)60(89)73-54(61(90)74-55)51(85)28-38-9-18-49(83)52(29-38)99-103-101-100-95)70-58(87)40-12-10-39(11-13-40)47-35-79-66(71-47)102-63(75-79)41-14-16-42(17-15-41)76-23-20-45(21-24-76)97-27-8-6-7-26-96-4/h5,9-18,29,35-37,43-46,48,50-51,53-57,80-86,95H,1,6-8,19-28,30-34H2,2-4H3,(H,68,94)(H,69,91)(H,70,87)(H,72,88)(H,73,89)(H,74,90)/t36-,37+,43+,44+,46+,48+,50-,51-,53+,54+,55+,56+,57+/m1/s1. The lowest BCUT2D eigenvalue weighted by molar-refractivity contribution is -0.433. The van der Waals surface area contributed by atoms with Gasteiger partial charge in [-0.2, -0.15) is 5.10 Å². The molecule has 4 aliphatic rings. The molecule has 0 spiro atoms. The molecule has 13 atom stereocenters. The summed E-state index contributed by atoms with van der Waals surface area (Å²) in [7, 11) is 1.71. The van der Waals surface area contributed by atoms with Gasteiger partial charge in [0.25, 0.3) is 18.2 Å². The molecule has 14 N–H and O–H groups in total. The Bertz CT molecular complexity index is 3700. The molecule has 9 rings (SSSR count). The molecule has 4 saturated heterocycles. The number of carbonyl (C=O) groups excluding carboxylic acids is 8. The summed E-state index contributed by atoms with van der Waals surface area (Å²) < 4.78 is 27.3. The molecular formula is C67H88N12O22S2. The lowest BCUT2D eigenvalue weighted by Crippen LogP contribution is -2.64. The molecule has 8 amide bonds. The van der Waals surface area contributed by atoms with Crippen molar-refractivity contribution in [3.05, 3.63) is 96.7 Å². The summed E-state index contributed by atoms with van der Waals surface area (Å²) in [4.78, 5) is 124. The molecule has 3 aromatic carbocycles. The molecule has 0 bridgehead atoms. The van der Waals surface area contributed by atoms with Crippen LogP contribution in [0.5, 0.6) is 11.5 Å². The van der Waals surface area contributed by atoms with Gasteiger partial charge in [0.2, 0.25) is 40.4 Å². The number of rotatable bonds is 26.